The van der Waals surface area contributed by atoms with Crippen molar-refractivity contribution < 1.29 is 14.1 Å². The number of nitrogens with zero attached hydrogens (tertiary/aromatic N) is 1. The van der Waals surface area contributed by atoms with Gasteiger partial charge in [0, 0.05) is 18.7 Å². The molecule has 1 atom stereocenters. The van der Waals surface area contributed by atoms with Crippen LogP contribution in [0.2, 0.25) is 0 Å². The zero-order valence-corrected chi connectivity index (χ0v) is 19.5. The third-order valence-corrected chi connectivity index (χ3v) is 5.60. The van der Waals surface area contributed by atoms with Crippen molar-refractivity contribution in [2.24, 2.45) is 0 Å². The minimum atomic E-state index is -0.0457. The maximum absolute atomic E-state index is 12.6. The molecule has 2 N–H and O–H groups in total. The van der Waals surface area contributed by atoms with Gasteiger partial charge in [-0.25, -0.2) is 0 Å². The van der Waals surface area contributed by atoms with Crippen LogP contribution in [-0.2, 0) is 9.59 Å². The summed E-state index contributed by atoms with van der Waals surface area (Å²) >= 11 is 0. The van der Waals surface area contributed by atoms with E-state index in [0.717, 1.165) is 31.6 Å². The van der Waals surface area contributed by atoms with Crippen LogP contribution < -0.4 is 10.6 Å². The van der Waals surface area contributed by atoms with Gasteiger partial charge in [0.1, 0.15) is 6.54 Å². The van der Waals surface area contributed by atoms with Crippen LogP contribution in [0, 0.1) is 0 Å². The molecule has 0 aliphatic heterocycles. The highest BCUT2D eigenvalue weighted by molar-refractivity contribution is 5.91. The van der Waals surface area contributed by atoms with Crippen LogP contribution in [0.5, 0.6) is 0 Å². The van der Waals surface area contributed by atoms with Gasteiger partial charge in [-0.15, -0.1) is 0 Å². The smallest absolute Gasteiger partial charge is 0.279 e. The number of rotatable bonds is 18. The van der Waals surface area contributed by atoms with E-state index in [1.54, 1.807) is 0 Å². The number of hydrogen-bond donors (Lipinski definition) is 2. The van der Waals surface area contributed by atoms with Crippen LogP contribution in [0.1, 0.15) is 71.1 Å². The number of ketones is 1. The summed E-state index contributed by atoms with van der Waals surface area (Å²) in [6.45, 7) is 4.50. The van der Waals surface area contributed by atoms with E-state index in [0.29, 0.717) is 24.0 Å². The predicted octanol–water partition coefficient (Wildman–Crippen LogP) is 4.78. The van der Waals surface area contributed by atoms with Gasteiger partial charge in [0.05, 0.1) is 13.6 Å². The van der Waals surface area contributed by atoms with Crippen molar-refractivity contribution in [1.82, 2.24) is 5.32 Å². The lowest BCUT2D eigenvalue weighted by Crippen LogP contribution is -2.54. The number of amides is 1. The Bertz CT molecular complexity index is 591. The lowest BCUT2D eigenvalue weighted by Gasteiger charge is -2.33. The second kappa shape index (κ2) is 16.0. The molecule has 5 heteroatoms. The third-order valence-electron chi connectivity index (χ3n) is 5.60. The number of likely N-dealkylation sites (N-methyl/N-ethyl adjacent to an activating group) is 2. The molecule has 1 amide bonds. The number of para-hydroxylation sites is 1. The molecule has 5 nitrogen and oxygen atoms in total. The van der Waals surface area contributed by atoms with Crippen molar-refractivity contribution in [2.45, 2.75) is 71.1 Å². The van der Waals surface area contributed by atoms with Crippen LogP contribution >= 0.6 is 0 Å². The number of anilines is 1. The summed E-state index contributed by atoms with van der Waals surface area (Å²) < 4.78 is 0.440. The van der Waals surface area contributed by atoms with Crippen molar-refractivity contribution in [3.63, 3.8) is 0 Å². The minimum Gasteiger partial charge on any atom is -0.321 e. The van der Waals surface area contributed by atoms with Crippen molar-refractivity contribution in [2.75, 3.05) is 45.6 Å². The second-order valence-corrected chi connectivity index (χ2v) is 8.79. The Morgan fingerprint density at radius 1 is 0.867 bits per heavy atom. The highest BCUT2D eigenvalue weighted by Crippen LogP contribution is 2.12. The normalized spacial score (nSPS) is 13.0. The van der Waals surface area contributed by atoms with Gasteiger partial charge >= 0.3 is 0 Å². The molecule has 0 spiro atoms. The Hall–Kier alpha value is -1.72. The molecule has 0 aromatic heterocycles. The molecule has 0 saturated carbocycles. The Kier molecular flexibility index (Phi) is 14.1. The van der Waals surface area contributed by atoms with Gasteiger partial charge in [0.15, 0.2) is 12.3 Å². The Balaban J connectivity index is 2.35. The molecule has 0 aliphatic carbocycles. The summed E-state index contributed by atoms with van der Waals surface area (Å²) in [4.78, 5) is 25.1. The molecular formula is C25H44N3O2+. The van der Waals surface area contributed by atoms with Crippen LogP contribution in [0.15, 0.2) is 30.3 Å². The molecule has 1 rings (SSSR count). The maximum Gasteiger partial charge on any atom is 0.279 e. The number of unbranched alkanes of at least 4 members (excludes halogenated alkanes) is 8. The first-order valence-electron chi connectivity index (χ1n) is 11.8. The summed E-state index contributed by atoms with van der Waals surface area (Å²) in [7, 11) is 3.91. The van der Waals surface area contributed by atoms with Crippen molar-refractivity contribution in [3.8, 4) is 0 Å². The first kappa shape index (κ1) is 26.3. The van der Waals surface area contributed by atoms with E-state index in [4.69, 9.17) is 0 Å². The van der Waals surface area contributed by atoms with Crippen molar-refractivity contribution in [3.05, 3.63) is 30.3 Å². The lowest BCUT2D eigenvalue weighted by molar-refractivity contribution is -0.892. The average molecular weight is 419 g/mol. The molecule has 1 aromatic rings. The van der Waals surface area contributed by atoms with Gasteiger partial charge < -0.3 is 15.1 Å². The maximum atomic E-state index is 12.6. The number of carbonyl (C=O) groups is 2. The van der Waals surface area contributed by atoms with Gasteiger partial charge in [-0.3, -0.25) is 9.59 Å². The highest BCUT2D eigenvalue weighted by atomic mass is 16.2. The first-order chi connectivity index (χ1) is 14.5. The van der Waals surface area contributed by atoms with E-state index in [-0.39, 0.29) is 11.7 Å². The first-order valence-corrected chi connectivity index (χ1v) is 11.8. The van der Waals surface area contributed by atoms with E-state index in [9.17, 15) is 9.59 Å². The molecule has 170 valence electrons. The Labute approximate surface area is 184 Å². The number of benzene rings is 1. The number of nitrogens with one attached hydrogen (secondary N) is 2. The summed E-state index contributed by atoms with van der Waals surface area (Å²) in [5, 5.41) is 6.09. The molecule has 0 saturated heterocycles. The van der Waals surface area contributed by atoms with Crippen LogP contribution in [0.25, 0.3) is 0 Å². The minimum absolute atomic E-state index is 0.0457. The van der Waals surface area contributed by atoms with E-state index in [1.165, 1.54) is 44.9 Å². The molecule has 0 radical (unpaired) electrons. The van der Waals surface area contributed by atoms with Gasteiger partial charge in [0.25, 0.3) is 5.91 Å². The molecular weight excluding hydrogens is 374 g/mol. The number of quaternary nitrogens is 1. The zero-order chi connectivity index (χ0) is 22.1. The quantitative estimate of drug-likeness (QED) is 0.266. The Morgan fingerprint density at radius 3 is 2.07 bits per heavy atom. The molecule has 30 heavy (non-hydrogen) atoms. The number of carbonyl (C=O) groups excluding carboxylic acids is 2. The van der Waals surface area contributed by atoms with Gasteiger partial charge in [-0.2, -0.15) is 0 Å². The topological polar surface area (TPSA) is 58.2 Å². The van der Waals surface area contributed by atoms with E-state index >= 15 is 0 Å². The standard InChI is InChI=1S/C25H43N3O2/c1-4-5-6-7-8-9-10-11-15-18-24(29)21-28(3,20-19-26-2)22-25(30)27-23-16-13-12-14-17-23/h12-14,16-17,26H,4-11,15,18-22H2,1-3H3/p+1. The molecule has 1 unspecified atom stereocenters. The molecule has 0 aliphatic rings. The Morgan fingerprint density at radius 2 is 1.47 bits per heavy atom. The van der Waals surface area contributed by atoms with E-state index in [1.807, 2.05) is 44.4 Å². The molecule has 1 aromatic carbocycles. The summed E-state index contributed by atoms with van der Waals surface area (Å²) in [6.07, 6.45) is 11.9. The monoisotopic (exact) mass is 418 g/mol. The highest BCUT2D eigenvalue weighted by Gasteiger charge is 2.28. The summed E-state index contributed by atoms with van der Waals surface area (Å²) in [5.41, 5.74) is 0.795. The summed E-state index contributed by atoms with van der Waals surface area (Å²) in [6, 6.07) is 9.49. The fourth-order valence-electron chi connectivity index (χ4n) is 3.80. The van der Waals surface area contributed by atoms with Gasteiger partial charge in [0.2, 0.25) is 0 Å². The van der Waals surface area contributed by atoms with Crippen molar-refractivity contribution >= 4 is 17.4 Å². The predicted molar refractivity (Wildman–Crippen MR) is 127 cm³/mol. The number of Topliss-reactive ketones (excluding diaryl/α,β-unsaturated/α-hetero) is 1. The SMILES string of the molecule is CCCCCCCCCCCC(=O)C[N+](C)(CCNC)CC(=O)Nc1ccccc1. The largest absolute Gasteiger partial charge is 0.321 e. The fraction of sp³-hybridized carbons (Fsp3) is 0.680. The zero-order valence-electron chi connectivity index (χ0n) is 19.5. The van der Waals surface area contributed by atoms with E-state index in [2.05, 4.69) is 17.6 Å². The third kappa shape index (κ3) is 12.8. The lowest BCUT2D eigenvalue weighted by atomic mass is 10.1. The molecule has 0 bridgehead atoms. The van der Waals surface area contributed by atoms with Crippen LogP contribution in [0.3, 0.4) is 0 Å². The fourth-order valence-corrected chi connectivity index (χ4v) is 3.80. The molecule has 0 fully saturated rings. The molecule has 0 heterocycles. The second-order valence-electron chi connectivity index (χ2n) is 8.79. The van der Waals surface area contributed by atoms with Crippen LogP contribution in [-0.4, -0.2) is 56.4 Å². The number of hydrogen-bond acceptors (Lipinski definition) is 3. The van der Waals surface area contributed by atoms with Crippen molar-refractivity contribution in [1.29, 1.82) is 0 Å². The summed E-state index contributed by atoms with van der Waals surface area (Å²) in [5.74, 6) is 0.222. The van der Waals surface area contributed by atoms with Gasteiger partial charge in [-0.1, -0.05) is 76.5 Å². The van der Waals surface area contributed by atoms with Gasteiger partial charge in [-0.05, 0) is 25.6 Å². The average Bonchev–Trinajstić information content (AvgIpc) is 2.71. The van der Waals surface area contributed by atoms with Crippen LogP contribution in [0.4, 0.5) is 5.69 Å². The van der Waals surface area contributed by atoms with E-state index < -0.39 is 0 Å².